The smallest absolute Gasteiger partial charge is 0.00682 e. The van der Waals surface area contributed by atoms with Gasteiger partial charge in [-0.25, -0.2) is 0 Å². The van der Waals surface area contributed by atoms with Crippen LogP contribution < -0.4 is 5.32 Å². The number of unbranched alkanes of at least 4 members (excludes halogenated alkanes) is 1. The molecule has 1 fully saturated rings. The van der Waals surface area contributed by atoms with Gasteiger partial charge >= 0.3 is 0 Å². The van der Waals surface area contributed by atoms with E-state index in [1.54, 1.807) is 0 Å². The second-order valence-electron chi connectivity index (χ2n) is 5.25. The summed E-state index contributed by atoms with van der Waals surface area (Å²) in [6.07, 6.45) is 9.12. The van der Waals surface area contributed by atoms with Crippen molar-refractivity contribution in [2.24, 2.45) is 0 Å². The third kappa shape index (κ3) is 4.91. The third-order valence-electron chi connectivity index (χ3n) is 3.46. The molecule has 1 aliphatic carbocycles. The highest BCUT2D eigenvalue weighted by Gasteiger charge is 2.19. The van der Waals surface area contributed by atoms with Gasteiger partial charge in [0.2, 0.25) is 0 Å². The fourth-order valence-corrected chi connectivity index (χ4v) is 2.21. The van der Waals surface area contributed by atoms with Crippen LogP contribution in [0.4, 0.5) is 0 Å². The van der Waals surface area contributed by atoms with Gasteiger partial charge in [-0.05, 0) is 56.2 Å². The summed E-state index contributed by atoms with van der Waals surface area (Å²) in [5.74, 6) is 0. The average molecular weight is 231 g/mol. The molecule has 0 radical (unpaired) electrons. The van der Waals surface area contributed by atoms with E-state index >= 15 is 0 Å². The van der Waals surface area contributed by atoms with E-state index < -0.39 is 0 Å². The van der Waals surface area contributed by atoms with Gasteiger partial charge in [0.25, 0.3) is 0 Å². The molecule has 0 atom stereocenters. The zero-order chi connectivity index (χ0) is 11.9. The Morgan fingerprint density at radius 1 is 1.00 bits per heavy atom. The molecule has 0 heterocycles. The number of rotatable bonds is 8. The summed E-state index contributed by atoms with van der Waals surface area (Å²) in [6, 6.07) is 10.1. The lowest BCUT2D eigenvalue weighted by molar-refractivity contribution is 0.620. The molecule has 1 aliphatic rings. The van der Waals surface area contributed by atoms with E-state index in [1.165, 1.54) is 62.6 Å². The van der Waals surface area contributed by atoms with Crippen molar-refractivity contribution in [3.63, 3.8) is 0 Å². The van der Waals surface area contributed by atoms with Gasteiger partial charge in [-0.3, -0.25) is 0 Å². The summed E-state index contributed by atoms with van der Waals surface area (Å²) in [7, 11) is 0. The molecule has 0 amide bonds. The van der Waals surface area contributed by atoms with Crippen LogP contribution in [0.5, 0.6) is 0 Å². The third-order valence-corrected chi connectivity index (χ3v) is 3.46. The van der Waals surface area contributed by atoms with Crippen molar-refractivity contribution in [3.05, 3.63) is 35.4 Å². The van der Waals surface area contributed by atoms with Gasteiger partial charge in [-0.2, -0.15) is 0 Å². The first kappa shape index (κ1) is 12.6. The van der Waals surface area contributed by atoms with E-state index in [1.807, 2.05) is 0 Å². The van der Waals surface area contributed by atoms with Crippen molar-refractivity contribution in [2.75, 3.05) is 6.54 Å². The molecule has 0 aliphatic heterocycles. The van der Waals surface area contributed by atoms with E-state index in [4.69, 9.17) is 0 Å². The molecule has 1 N–H and O–H groups in total. The van der Waals surface area contributed by atoms with Crippen LogP contribution in [0.15, 0.2) is 24.3 Å². The molecule has 1 saturated carbocycles. The van der Waals surface area contributed by atoms with Crippen molar-refractivity contribution in [1.29, 1.82) is 0 Å². The van der Waals surface area contributed by atoms with E-state index in [2.05, 4.69) is 36.5 Å². The SMILES string of the molecule is CCCc1ccc(CCCCNC2CC2)cc1. The number of benzene rings is 1. The summed E-state index contributed by atoms with van der Waals surface area (Å²) in [4.78, 5) is 0. The molecule has 0 aromatic heterocycles. The fraction of sp³-hybridized carbons (Fsp3) is 0.625. The molecule has 94 valence electrons. The van der Waals surface area contributed by atoms with Gasteiger partial charge in [0.05, 0.1) is 0 Å². The molecular weight excluding hydrogens is 206 g/mol. The molecule has 1 nitrogen and oxygen atoms in total. The van der Waals surface area contributed by atoms with E-state index in [-0.39, 0.29) is 0 Å². The van der Waals surface area contributed by atoms with Gasteiger partial charge in [-0.15, -0.1) is 0 Å². The molecule has 17 heavy (non-hydrogen) atoms. The van der Waals surface area contributed by atoms with Gasteiger partial charge in [0.15, 0.2) is 0 Å². The minimum atomic E-state index is 0.864. The topological polar surface area (TPSA) is 12.0 Å². The summed E-state index contributed by atoms with van der Waals surface area (Å²) in [5, 5.41) is 3.57. The molecule has 0 unspecified atom stereocenters. The Kier molecular flexibility index (Phi) is 5.06. The van der Waals surface area contributed by atoms with Crippen LogP contribution in [0.3, 0.4) is 0 Å². The molecule has 1 heteroatoms. The molecule has 2 rings (SSSR count). The molecular formula is C16H25N. The summed E-state index contributed by atoms with van der Waals surface area (Å²) in [6.45, 7) is 3.44. The lowest BCUT2D eigenvalue weighted by Gasteiger charge is -2.04. The number of aryl methyl sites for hydroxylation is 2. The number of hydrogen-bond acceptors (Lipinski definition) is 1. The van der Waals surface area contributed by atoms with Crippen LogP contribution in [0.25, 0.3) is 0 Å². The highest BCUT2D eigenvalue weighted by atomic mass is 14.9. The van der Waals surface area contributed by atoms with Crippen LogP contribution in [-0.2, 0) is 12.8 Å². The number of nitrogens with one attached hydrogen (secondary N) is 1. The summed E-state index contributed by atoms with van der Waals surface area (Å²) in [5.41, 5.74) is 2.97. The van der Waals surface area contributed by atoms with Crippen molar-refractivity contribution in [1.82, 2.24) is 5.32 Å². The molecule has 0 saturated heterocycles. The first-order valence-corrected chi connectivity index (χ1v) is 7.19. The van der Waals surface area contributed by atoms with E-state index in [0.717, 1.165) is 6.04 Å². The predicted molar refractivity (Wildman–Crippen MR) is 74.4 cm³/mol. The normalized spacial score (nSPS) is 15.1. The number of hydrogen-bond donors (Lipinski definition) is 1. The lowest BCUT2D eigenvalue weighted by atomic mass is 10.0. The second kappa shape index (κ2) is 6.80. The Morgan fingerprint density at radius 2 is 1.65 bits per heavy atom. The van der Waals surface area contributed by atoms with Crippen LogP contribution in [0.1, 0.15) is 50.2 Å². The highest BCUT2D eigenvalue weighted by Crippen LogP contribution is 2.18. The minimum absolute atomic E-state index is 0.864. The molecule has 1 aromatic rings. The molecule has 0 spiro atoms. The Balaban J connectivity index is 1.60. The minimum Gasteiger partial charge on any atom is -0.314 e. The quantitative estimate of drug-likeness (QED) is 0.672. The van der Waals surface area contributed by atoms with Gasteiger partial charge in [0, 0.05) is 6.04 Å². The first-order chi connectivity index (χ1) is 8.38. The van der Waals surface area contributed by atoms with Crippen LogP contribution in [0.2, 0.25) is 0 Å². The lowest BCUT2D eigenvalue weighted by Crippen LogP contribution is -2.17. The Morgan fingerprint density at radius 3 is 2.24 bits per heavy atom. The maximum absolute atomic E-state index is 3.57. The largest absolute Gasteiger partial charge is 0.314 e. The summed E-state index contributed by atoms with van der Waals surface area (Å²) >= 11 is 0. The Labute approximate surface area is 106 Å². The Hall–Kier alpha value is -0.820. The zero-order valence-corrected chi connectivity index (χ0v) is 11.0. The zero-order valence-electron chi connectivity index (χ0n) is 11.0. The van der Waals surface area contributed by atoms with E-state index in [0.29, 0.717) is 0 Å². The van der Waals surface area contributed by atoms with Crippen molar-refractivity contribution in [2.45, 2.75) is 57.9 Å². The van der Waals surface area contributed by atoms with Crippen molar-refractivity contribution in [3.8, 4) is 0 Å². The van der Waals surface area contributed by atoms with Gasteiger partial charge < -0.3 is 5.32 Å². The predicted octanol–water partition coefficient (Wildman–Crippen LogP) is 3.71. The van der Waals surface area contributed by atoms with Crippen LogP contribution in [-0.4, -0.2) is 12.6 Å². The average Bonchev–Trinajstić information content (AvgIpc) is 3.15. The van der Waals surface area contributed by atoms with Crippen molar-refractivity contribution < 1.29 is 0 Å². The molecule has 1 aromatic carbocycles. The fourth-order valence-electron chi connectivity index (χ4n) is 2.21. The second-order valence-corrected chi connectivity index (χ2v) is 5.25. The van der Waals surface area contributed by atoms with Crippen molar-refractivity contribution >= 4 is 0 Å². The standard InChI is InChI=1S/C16H25N/c1-2-5-14-7-9-15(10-8-14)6-3-4-13-17-16-11-12-16/h7-10,16-17H,2-6,11-13H2,1H3. The first-order valence-electron chi connectivity index (χ1n) is 7.19. The summed E-state index contributed by atoms with van der Waals surface area (Å²) < 4.78 is 0. The highest BCUT2D eigenvalue weighted by molar-refractivity contribution is 5.22. The van der Waals surface area contributed by atoms with Crippen LogP contribution >= 0.6 is 0 Å². The Bertz CT molecular complexity index is 311. The molecule has 0 bridgehead atoms. The van der Waals surface area contributed by atoms with Gasteiger partial charge in [-0.1, -0.05) is 37.6 Å². The van der Waals surface area contributed by atoms with E-state index in [9.17, 15) is 0 Å². The van der Waals surface area contributed by atoms with Crippen LogP contribution in [0, 0.1) is 0 Å². The maximum Gasteiger partial charge on any atom is 0.00682 e. The van der Waals surface area contributed by atoms with Gasteiger partial charge in [0.1, 0.15) is 0 Å². The monoisotopic (exact) mass is 231 g/mol. The maximum atomic E-state index is 3.57.